The molecule has 18 heavy (non-hydrogen) atoms. The SMILES string of the molecule is CC1(C)COC(C=S)N(Cc2ccccc2N)C1. The van der Waals surface area contributed by atoms with Gasteiger partial charge in [0.25, 0.3) is 0 Å². The quantitative estimate of drug-likeness (QED) is 0.672. The number of nitrogens with zero attached hydrogens (tertiary/aromatic N) is 1. The van der Waals surface area contributed by atoms with E-state index in [0.29, 0.717) is 0 Å². The lowest BCUT2D eigenvalue weighted by Crippen LogP contribution is -2.50. The van der Waals surface area contributed by atoms with Gasteiger partial charge >= 0.3 is 0 Å². The fraction of sp³-hybridized carbons (Fsp3) is 0.500. The largest absolute Gasteiger partial charge is 0.398 e. The van der Waals surface area contributed by atoms with Crippen molar-refractivity contribution in [3.05, 3.63) is 29.8 Å². The summed E-state index contributed by atoms with van der Waals surface area (Å²) in [6, 6.07) is 7.94. The number of nitrogen functional groups attached to an aromatic ring is 1. The average Bonchev–Trinajstić information content (AvgIpc) is 2.31. The van der Waals surface area contributed by atoms with E-state index in [-0.39, 0.29) is 11.6 Å². The summed E-state index contributed by atoms with van der Waals surface area (Å²) in [6.45, 7) is 6.88. The Labute approximate surface area is 114 Å². The first-order chi connectivity index (χ1) is 8.52. The maximum atomic E-state index is 5.99. The molecule has 0 aromatic heterocycles. The molecule has 1 heterocycles. The van der Waals surface area contributed by atoms with Crippen LogP contribution in [0.4, 0.5) is 5.69 Å². The highest BCUT2D eigenvalue weighted by molar-refractivity contribution is 7.79. The van der Waals surface area contributed by atoms with Crippen LogP contribution in [0.1, 0.15) is 19.4 Å². The Morgan fingerprint density at radius 2 is 2.22 bits per heavy atom. The number of nitrogens with two attached hydrogens (primary N) is 1. The van der Waals surface area contributed by atoms with E-state index in [2.05, 4.69) is 24.8 Å². The maximum Gasteiger partial charge on any atom is 0.140 e. The van der Waals surface area contributed by atoms with Crippen molar-refractivity contribution in [1.82, 2.24) is 4.90 Å². The van der Waals surface area contributed by atoms with Crippen molar-refractivity contribution in [3.8, 4) is 0 Å². The third kappa shape index (κ3) is 3.07. The van der Waals surface area contributed by atoms with Gasteiger partial charge in [0.1, 0.15) is 6.23 Å². The average molecular weight is 264 g/mol. The minimum Gasteiger partial charge on any atom is -0.398 e. The van der Waals surface area contributed by atoms with Gasteiger partial charge in [-0.1, -0.05) is 44.3 Å². The highest BCUT2D eigenvalue weighted by Gasteiger charge is 2.32. The first kappa shape index (κ1) is 13.5. The van der Waals surface area contributed by atoms with Crippen molar-refractivity contribution in [2.24, 2.45) is 5.41 Å². The number of hydrogen-bond donors (Lipinski definition) is 1. The molecular weight excluding hydrogens is 244 g/mol. The molecule has 0 spiro atoms. The molecule has 98 valence electrons. The van der Waals surface area contributed by atoms with E-state index in [1.54, 1.807) is 5.37 Å². The summed E-state index contributed by atoms with van der Waals surface area (Å²) in [6.07, 6.45) is -0.0902. The first-order valence-electron chi connectivity index (χ1n) is 6.16. The Hall–Kier alpha value is -0.970. The Balaban J connectivity index is 2.14. The topological polar surface area (TPSA) is 38.5 Å². The van der Waals surface area contributed by atoms with Crippen LogP contribution >= 0.6 is 12.2 Å². The summed E-state index contributed by atoms with van der Waals surface area (Å²) < 4.78 is 5.79. The summed E-state index contributed by atoms with van der Waals surface area (Å²) in [5.74, 6) is 0. The van der Waals surface area contributed by atoms with Gasteiger partial charge in [0, 0.05) is 29.6 Å². The molecule has 1 fully saturated rings. The normalized spacial score (nSPS) is 23.8. The molecule has 1 unspecified atom stereocenters. The molecule has 2 rings (SSSR count). The van der Waals surface area contributed by atoms with Crippen LogP contribution in [0.15, 0.2) is 24.3 Å². The van der Waals surface area contributed by atoms with Crippen LogP contribution in [0.5, 0.6) is 0 Å². The minimum absolute atomic E-state index is 0.0902. The molecule has 4 heteroatoms. The lowest BCUT2D eigenvalue weighted by Gasteiger charge is -2.42. The van der Waals surface area contributed by atoms with Crippen molar-refractivity contribution < 1.29 is 4.74 Å². The molecule has 1 aliphatic rings. The van der Waals surface area contributed by atoms with Crippen molar-refractivity contribution >= 4 is 23.3 Å². The Morgan fingerprint density at radius 1 is 1.50 bits per heavy atom. The van der Waals surface area contributed by atoms with Crippen molar-refractivity contribution in [2.45, 2.75) is 26.6 Å². The van der Waals surface area contributed by atoms with Crippen molar-refractivity contribution in [1.29, 1.82) is 0 Å². The number of rotatable bonds is 3. The van der Waals surface area contributed by atoms with E-state index < -0.39 is 0 Å². The Morgan fingerprint density at radius 3 is 2.89 bits per heavy atom. The van der Waals surface area contributed by atoms with Gasteiger partial charge in [-0.2, -0.15) is 0 Å². The molecule has 1 aromatic carbocycles. The van der Waals surface area contributed by atoms with Crippen LogP contribution in [0, 0.1) is 5.41 Å². The van der Waals surface area contributed by atoms with Gasteiger partial charge in [-0.05, 0) is 11.6 Å². The van der Waals surface area contributed by atoms with Crippen LogP contribution in [0.3, 0.4) is 0 Å². The van der Waals surface area contributed by atoms with Gasteiger partial charge in [-0.3, -0.25) is 4.90 Å². The number of benzene rings is 1. The second-order valence-corrected chi connectivity index (χ2v) is 5.88. The van der Waals surface area contributed by atoms with Crippen LogP contribution in [-0.2, 0) is 11.3 Å². The highest BCUT2D eigenvalue weighted by atomic mass is 32.1. The van der Waals surface area contributed by atoms with Gasteiger partial charge in [-0.15, -0.1) is 0 Å². The molecular formula is C14H20N2OS. The van der Waals surface area contributed by atoms with E-state index in [4.69, 9.17) is 22.7 Å². The zero-order chi connectivity index (χ0) is 13.2. The van der Waals surface area contributed by atoms with E-state index in [1.165, 1.54) is 0 Å². The minimum atomic E-state index is -0.0902. The van der Waals surface area contributed by atoms with Gasteiger partial charge < -0.3 is 10.5 Å². The molecule has 1 aromatic rings. The van der Waals surface area contributed by atoms with Crippen LogP contribution in [0.25, 0.3) is 0 Å². The Kier molecular flexibility index (Phi) is 4.00. The highest BCUT2D eigenvalue weighted by Crippen LogP contribution is 2.27. The third-order valence-electron chi connectivity index (χ3n) is 3.18. The van der Waals surface area contributed by atoms with Gasteiger partial charge in [0.05, 0.1) is 6.61 Å². The molecule has 2 N–H and O–H groups in total. The smallest absolute Gasteiger partial charge is 0.140 e. The summed E-state index contributed by atoms with van der Waals surface area (Å²) in [5.41, 5.74) is 8.09. The second-order valence-electron chi connectivity index (χ2n) is 5.61. The first-order valence-corrected chi connectivity index (χ1v) is 6.63. The molecule has 0 amide bonds. The summed E-state index contributed by atoms with van der Waals surface area (Å²) >= 11 is 5.05. The van der Waals surface area contributed by atoms with Crippen molar-refractivity contribution in [3.63, 3.8) is 0 Å². The predicted molar refractivity (Wildman–Crippen MR) is 78.4 cm³/mol. The van der Waals surface area contributed by atoms with Gasteiger partial charge in [0.2, 0.25) is 0 Å². The molecule has 0 radical (unpaired) electrons. The summed E-state index contributed by atoms with van der Waals surface area (Å²) in [7, 11) is 0. The molecule has 3 nitrogen and oxygen atoms in total. The number of hydrogen-bond acceptors (Lipinski definition) is 4. The monoisotopic (exact) mass is 264 g/mol. The maximum absolute atomic E-state index is 5.99. The predicted octanol–water partition coefficient (Wildman–Crippen LogP) is 2.45. The zero-order valence-corrected chi connectivity index (χ0v) is 11.7. The molecule has 0 bridgehead atoms. The standard InChI is InChI=1S/C14H20N2OS/c1-14(2)9-16(13(8-18)17-10-14)7-11-5-3-4-6-12(11)15/h3-6,8,13H,7,9-10,15H2,1-2H3. The summed E-state index contributed by atoms with van der Waals surface area (Å²) in [4.78, 5) is 2.24. The molecule has 1 atom stereocenters. The molecule has 1 aliphatic heterocycles. The fourth-order valence-corrected chi connectivity index (χ4v) is 2.52. The van der Waals surface area contributed by atoms with E-state index in [1.807, 2.05) is 18.2 Å². The molecule has 1 saturated heterocycles. The molecule has 0 aliphatic carbocycles. The van der Waals surface area contributed by atoms with Gasteiger partial charge in [0.15, 0.2) is 0 Å². The van der Waals surface area contributed by atoms with E-state index >= 15 is 0 Å². The van der Waals surface area contributed by atoms with E-state index in [0.717, 1.165) is 30.9 Å². The summed E-state index contributed by atoms with van der Waals surface area (Å²) in [5, 5.41) is 1.69. The zero-order valence-electron chi connectivity index (χ0n) is 10.9. The van der Waals surface area contributed by atoms with Crippen LogP contribution < -0.4 is 5.73 Å². The second kappa shape index (κ2) is 5.34. The third-order valence-corrected chi connectivity index (χ3v) is 3.41. The number of thiocarbonyl (C=S) groups is 1. The van der Waals surface area contributed by atoms with E-state index in [9.17, 15) is 0 Å². The number of anilines is 1. The number of para-hydroxylation sites is 1. The fourth-order valence-electron chi connectivity index (χ4n) is 2.27. The lowest BCUT2D eigenvalue weighted by molar-refractivity contribution is -0.111. The van der Waals surface area contributed by atoms with Gasteiger partial charge in [-0.25, -0.2) is 0 Å². The van der Waals surface area contributed by atoms with Crippen molar-refractivity contribution in [2.75, 3.05) is 18.9 Å². The Bertz CT molecular complexity index is 434. The lowest BCUT2D eigenvalue weighted by atomic mass is 9.92. The van der Waals surface area contributed by atoms with Crippen LogP contribution in [-0.4, -0.2) is 29.6 Å². The number of ether oxygens (including phenoxy) is 1. The van der Waals surface area contributed by atoms with Crippen LogP contribution in [0.2, 0.25) is 0 Å². The molecule has 0 saturated carbocycles.